The van der Waals surface area contributed by atoms with E-state index in [1.165, 1.54) is 84.5 Å². The number of nitrogens with zero attached hydrogens (tertiary/aromatic N) is 15. The minimum Gasteiger partial charge on any atom is -0.452 e. The van der Waals surface area contributed by atoms with E-state index < -0.39 is 41.5 Å². The van der Waals surface area contributed by atoms with Gasteiger partial charge in [0.1, 0.15) is 41.2 Å². The molecule has 123 heavy (non-hydrogen) atoms. The number of rotatable bonds is 18. The molecule has 1 unspecified atom stereocenters. The standard InChI is InChI=1S/C22H20Br2ClN5O2.C20H16Br3ClN6O4.C20H17BrN6O2.C19H17BrClN5O2/c1-11-4-3-7-26-20(11)30-17(10-18(24)29-30)22(32)28-19-15(8-14(25)9-16(19)23)21(31)27-12(2)13-5-6-13;1-28(29(2)20(33)34-3)19(32)11-7-10(21)8-12(22)16(11)26-18(31)14-9-15(23)27-30(14)17-13(24)5-4-6-25-17;1-11-6-5-7-24-18(11)27-15(10-16(21)26-27)20(29)25-17-12(2)8-13(22-3)9-14(17)19(28)23-4;1-10-5-4-6-23-17(10)26-14(9-15(20)25-26)19(28)24-16-11(2)7-12(21)8-13(16)18(27)22-3/h3-4,7-10,12-13H,5-6H2,1-2H3,(H,27,31)(H,28,32);4-9H,1-3H3,(H,26,31);5-10H,1-2,4H3,(H,23,28)(H,25,29);4-9H,1-3H3,(H,22,27)(H,24,28). The molecule has 1 fully saturated rings. The molecule has 634 valence electrons. The molecule has 42 heteroatoms. The van der Waals surface area contributed by atoms with E-state index in [4.69, 9.17) is 41.4 Å². The SMILES string of the molecule is CNC(=O)c1cc(Cl)cc(C)c1NC(=O)c1cc(Br)nn1-c1ncccc1C.COC(=O)N(C)N(C)C(=O)c1cc(Br)cc(Br)c1NC(=O)c1cc(Br)nn1-c1ncccc1Cl.Cc1cccnc1-n1nc(Br)cc1C(=O)Nc1c(Br)cc(Cl)cc1C(=O)NC(C)C1CC1.[C-]#[N+]c1cc(C)c(NC(=O)c2cc(Br)nn2-c2ncccc2C)c(C(=O)NC)c1. The molecule has 8 aromatic heterocycles. The Morgan fingerprint density at radius 1 is 0.455 bits per heavy atom. The number of carbonyl (C=O) groups excluding carboxylic acids is 9. The number of amides is 9. The van der Waals surface area contributed by atoms with Crippen molar-refractivity contribution in [2.75, 3.05) is 56.6 Å². The van der Waals surface area contributed by atoms with Gasteiger partial charge in [-0.1, -0.05) is 75.0 Å². The van der Waals surface area contributed by atoms with Gasteiger partial charge in [-0.3, -0.25) is 38.4 Å². The fourth-order valence-corrected chi connectivity index (χ4v) is 16.1. The van der Waals surface area contributed by atoms with Gasteiger partial charge in [0.05, 0.1) is 63.7 Å². The molecule has 32 nitrogen and oxygen atoms in total. The van der Waals surface area contributed by atoms with Gasteiger partial charge in [-0.2, -0.15) is 20.4 Å². The van der Waals surface area contributed by atoms with Crippen LogP contribution in [0.5, 0.6) is 0 Å². The molecule has 4 aromatic carbocycles. The van der Waals surface area contributed by atoms with Crippen LogP contribution in [-0.4, -0.2) is 164 Å². The topological polar surface area (TPSA) is 381 Å². The second kappa shape index (κ2) is 42.0. The zero-order chi connectivity index (χ0) is 89.7. The predicted molar refractivity (Wildman–Crippen MR) is 491 cm³/mol. The average molecular weight is 2180 g/mol. The molecule has 13 rings (SSSR count). The van der Waals surface area contributed by atoms with Gasteiger partial charge in [-0.25, -0.2) is 58.3 Å². The van der Waals surface area contributed by atoms with Crippen molar-refractivity contribution in [2.45, 2.75) is 60.4 Å². The number of hydrogen-bond acceptors (Lipinski definition) is 18. The summed E-state index contributed by atoms with van der Waals surface area (Å²) in [5.74, 6) is -1.19. The summed E-state index contributed by atoms with van der Waals surface area (Å²) in [5, 5.41) is 39.7. The van der Waals surface area contributed by atoms with Gasteiger partial charge in [0.25, 0.3) is 47.3 Å². The normalized spacial score (nSPS) is 11.4. The Morgan fingerprint density at radius 3 is 1.22 bits per heavy atom. The number of nitrogens with one attached hydrogen (secondary N) is 7. The lowest BCUT2D eigenvalue weighted by molar-refractivity contribution is 0.0193. The van der Waals surface area contributed by atoms with Crippen LogP contribution in [0.15, 0.2) is 178 Å². The van der Waals surface area contributed by atoms with Gasteiger partial charge in [-0.05, 0) is 256 Å². The van der Waals surface area contributed by atoms with Crippen LogP contribution in [0.3, 0.4) is 0 Å². The Morgan fingerprint density at radius 2 is 0.821 bits per heavy atom. The van der Waals surface area contributed by atoms with Gasteiger partial charge in [0, 0.05) is 107 Å². The largest absolute Gasteiger partial charge is 0.452 e. The summed E-state index contributed by atoms with van der Waals surface area (Å²) in [6, 6.07) is 33.3. The minimum absolute atomic E-state index is 0.0494. The van der Waals surface area contributed by atoms with E-state index in [2.05, 4.69) is 199 Å². The van der Waals surface area contributed by atoms with Gasteiger partial charge >= 0.3 is 6.09 Å². The number of anilines is 4. The van der Waals surface area contributed by atoms with E-state index in [0.717, 1.165) is 39.5 Å². The van der Waals surface area contributed by atoms with Crippen LogP contribution in [-0.2, 0) is 4.74 Å². The number of carbonyl (C=O) groups is 9. The zero-order valence-corrected chi connectivity index (χ0v) is 79.9. The molecule has 9 amide bonds. The second-order valence-electron chi connectivity index (χ2n) is 26.8. The number of benzene rings is 4. The molecular formula is C81H70Br7Cl3N22O10. The highest BCUT2D eigenvalue weighted by atomic mass is 79.9. The first-order chi connectivity index (χ1) is 58.4. The molecule has 0 saturated heterocycles. The van der Waals surface area contributed by atoms with Crippen molar-refractivity contribution < 1.29 is 47.9 Å². The second-order valence-corrected chi connectivity index (χ2v) is 33.9. The molecule has 0 radical (unpaired) electrons. The summed E-state index contributed by atoms with van der Waals surface area (Å²) in [5.41, 5.74) is 7.16. The Labute approximate surface area is 777 Å². The molecule has 7 N–H and O–H groups in total. The molecule has 0 bridgehead atoms. The molecule has 1 aliphatic carbocycles. The first kappa shape index (κ1) is 94.3. The van der Waals surface area contributed by atoms with E-state index >= 15 is 0 Å². The monoisotopic (exact) mass is 2170 g/mol. The van der Waals surface area contributed by atoms with Crippen LogP contribution in [0.4, 0.5) is 33.2 Å². The molecule has 1 atom stereocenters. The van der Waals surface area contributed by atoms with E-state index in [0.29, 0.717) is 104 Å². The van der Waals surface area contributed by atoms with Crippen molar-refractivity contribution in [3.63, 3.8) is 0 Å². The molecule has 8 heterocycles. The number of hydrazine groups is 1. The van der Waals surface area contributed by atoms with Crippen LogP contribution in [0.1, 0.15) is 131 Å². The van der Waals surface area contributed by atoms with E-state index in [-0.39, 0.29) is 74.4 Å². The van der Waals surface area contributed by atoms with Crippen LogP contribution in [0, 0.1) is 47.1 Å². The average Bonchev–Trinajstić information content (AvgIpc) is 1.76. The number of halogens is 10. The first-order valence-electron chi connectivity index (χ1n) is 36.3. The van der Waals surface area contributed by atoms with Crippen molar-refractivity contribution in [2.24, 2.45) is 5.92 Å². The van der Waals surface area contributed by atoms with Crippen LogP contribution >= 0.6 is 146 Å². The predicted octanol–water partition coefficient (Wildman–Crippen LogP) is 18.4. The first-order valence-corrected chi connectivity index (χ1v) is 42.9. The third kappa shape index (κ3) is 22.9. The number of aryl methyl sites for hydroxylation is 5. The summed E-state index contributed by atoms with van der Waals surface area (Å²) >= 11 is 41.9. The van der Waals surface area contributed by atoms with E-state index in [1.54, 1.807) is 99.2 Å². The lowest BCUT2D eigenvalue weighted by atomic mass is 10.1. The molecule has 0 spiro atoms. The van der Waals surface area contributed by atoms with Crippen molar-refractivity contribution in [3.05, 3.63) is 277 Å². The zero-order valence-electron chi connectivity index (χ0n) is 66.5. The maximum Gasteiger partial charge on any atom is 0.428 e. The quantitative estimate of drug-likeness (QED) is 0.0310. The number of ether oxygens (including phenoxy) is 1. The summed E-state index contributed by atoms with van der Waals surface area (Å²) in [7, 11) is 6.98. The Hall–Kier alpha value is -10.9. The molecule has 12 aromatic rings. The van der Waals surface area contributed by atoms with Crippen LogP contribution < -0.4 is 37.2 Å². The fourth-order valence-electron chi connectivity index (χ4n) is 11.9. The Balaban J connectivity index is 0.000000172. The van der Waals surface area contributed by atoms with E-state index in [9.17, 15) is 43.2 Å². The number of pyridine rings is 4. The maximum atomic E-state index is 13.3. The lowest BCUT2D eigenvalue weighted by Crippen LogP contribution is -2.45. The van der Waals surface area contributed by atoms with Gasteiger partial charge in [0.2, 0.25) is 0 Å². The summed E-state index contributed by atoms with van der Waals surface area (Å²) in [6.07, 6.45) is 7.89. The van der Waals surface area contributed by atoms with Crippen LogP contribution in [0.2, 0.25) is 15.1 Å². The molecular weight excluding hydrogens is 2110 g/mol. The lowest BCUT2D eigenvalue weighted by Gasteiger charge is -2.27. The highest BCUT2D eigenvalue weighted by Gasteiger charge is 2.33. The van der Waals surface area contributed by atoms with Crippen molar-refractivity contribution >= 4 is 228 Å². The number of hydrogen-bond donors (Lipinski definition) is 7. The fraction of sp³-hybridized carbons (Fsp3) is 0.185. The van der Waals surface area contributed by atoms with Gasteiger partial charge < -0.3 is 42.0 Å². The molecule has 1 aliphatic rings. The third-order valence-corrected chi connectivity index (χ3v) is 22.2. The van der Waals surface area contributed by atoms with Crippen molar-refractivity contribution in [1.29, 1.82) is 0 Å². The van der Waals surface area contributed by atoms with Gasteiger partial charge in [0.15, 0.2) is 29.0 Å². The highest BCUT2D eigenvalue weighted by molar-refractivity contribution is 9.11. The van der Waals surface area contributed by atoms with Crippen molar-refractivity contribution in [3.8, 4) is 23.3 Å². The number of methoxy groups -OCH3 is 1. The summed E-state index contributed by atoms with van der Waals surface area (Å²) in [4.78, 5) is 136. The van der Waals surface area contributed by atoms with E-state index in [1.807, 2.05) is 58.0 Å². The minimum atomic E-state index is -0.739. The van der Waals surface area contributed by atoms with Crippen LogP contribution in [0.25, 0.3) is 28.1 Å². The van der Waals surface area contributed by atoms with Crippen molar-refractivity contribution in [1.82, 2.24) is 85.0 Å². The Bertz CT molecular complexity index is 6210. The summed E-state index contributed by atoms with van der Waals surface area (Å²) in [6.45, 7) is 18.3. The summed E-state index contributed by atoms with van der Waals surface area (Å²) < 4.78 is 13.6. The number of aromatic nitrogens is 12. The highest BCUT2D eigenvalue weighted by Crippen LogP contribution is 2.38. The third-order valence-electron chi connectivity index (χ3n) is 18.2. The molecule has 1 saturated carbocycles. The smallest absolute Gasteiger partial charge is 0.428 e. The van der Waals surface area contributed by atoms with Gasteiger partial charge in [-0.15, -0.1) is 0 Å². The molecule has 0 aliphatic heterocycles. The Kier molecular flexibility index (Phi) is 32.2. The maximum absolute atomic E-state index is 13.3.